The van der Waals surface area contributed by atoms with Crippen molar-refractivity contribution in [3.8, 4) is 0 Å². The lowest BCUT2D eigenvalue weighted by molar-refractivity contribution is -0.182. The largest absolute Gasteiger partial charge is 0.481 e. The SMILES string of the molecule is C[C@H](CN(c1ccccc1)S(=O)(=O)C1CC1)N1C(=O)[C@H](CC(=O)O)O[C@H](c2cccc(Cl)c2)[C@H]1c1ccc(Cl)cc1. The van der Waals surface area contributed by atoms with E-state index in [1.54, 1.807) is 78.6 Å². The van der Waals surface area contributed by atoms with Crippen molar-refractivity contribution in [3.63, 3.8) is 0 Å². The lowest BCUT2D eigenvalue weighted by Gasteiger charge is -2.48. The lowest BCUT2D eigenvalue weighted by atomic mass is 9.90. The van der Waals surface area contributed by atoms with Crippen LogP contribution in [0.1, 0.15) is 49.5 Å². The maximum atomic E-state index is 14.0. The van der Waals surface area contributed by atoms with Crippen molar-refractivity contribution in [2.24, 2.45) is 0 Å². The average molecular weight is 618 g/mol. The van der Waals surface area contributed by atoms with E-state index < -0.39 is 57.9 Å². The van der Waals surface area contributed by atoms with E-state index in [1.165, 1.54) is 4.31 Å². The molecule has 0 bridgehead atoms. The Kier molecular flexibility index (Phi) is 8.61. The first-order valence-corrected chi connectivity index (χ1v) is 15.6. The Labute approximate surface area is 249 Å². The van der Waals surface area contributed by atoms with Crippen LogP contribution in [0.15, 0.2) is 78.9 Å². The highest BCUT2D eigenvalue weighted by molar-refractivity contribution is 7.93. The number of ether oxygens (including phenoxy) is 1. The zero-order valence-corrected chi connectivity index (χ0v) is 24.6. The number of carbonyl (C=O) groups excluding carboxylic acids is 1. The van der Waals surface area contributed by atoms with Crippen LogP contribution in [0.2, 0.25) is 10.0 Å². The van der Waals surface area contributed by atoms with E-state index in [0.29, 0.717) is 39.7 Å². The number of sulfonamides is 1. The fraction of sp³-hybridized carbons (Fsp3) is 0.333. The van der Waals surface area contributed by atoms with Crippen LogP contribution in [-0.2, 0) is 24.3 Å². The minimum Gasteiger partial charge on any atom is -0.481 e. The second-order valence-electron chi connectivity index (χ2n) is 10.4. The van der Waals surface area contributed by atoms with Crippen LogP contribution >= 0.6 is 23.2 Å². The predicted molar refractivity (Wildman–Crippen MR) is 158 cm³/mol. The molecule has 3 aromatic rings. The molecule has 8 nitrogen and oxygen atoms in total. The first kappa shape index (κ1) is 29.4. The van der Waals surface area contributed by atoms with Crippen LogP contribution in [0.4, 0.5) is 5.69 Å². The number of carbonyl (C=O) groups is 2. The Balaban J connectivity index is 1.61. The molecule has 4 atom stereocenters. The van der Waals surface area contributed by atoms with Crippen molar-refractivity contribution in [3.05, 3.63) is 100 Å². The summed E-state index contributed by atoms with van der Waals surface area (Å²) in [6.45, 7) is 1.75. The molecule has 1 amide bonds. The van der Waals surface area contributed by atoms with Crippen molar-refractivity contribution < 1.29 is 27.9 Å². The topological polar surface area (TPSA) is 104 Å². The summed E-state index contributed by atoms with van der Waals surface area (Å²) in [6, 6.07) is 21.4. The van der Waals surface area contributed by atoms with Gasteiger partial charge in [-0.15, -0.1) is 0 Å². The highest BCUT2D eigenvalue weighted by Crippen LogP contribution is 2.45. The van der Waals surface area contributed by atoms with Gasteiger partial charge in [-0.2, -0.15) is 0 Å². The number of morpholine rings is 1. The molecule has 41 heavy (non-hydrogen) atoms. The highest BCUT2D eigenvalue weighted by Gasteiger charge is 2.48. The van der Waals surface area contributed by atoms with Crippen molar-refractivity contribution in [2.75, 3.05) is 10.8 Å². The molecule has 0 radical (unpaired) electrons. The molecule has 1 aliphatic carbocycles. The van der Waals surface area contributed by atoms with Crippen molar-refractivity contribution in [1.29, 1.82) is 0 Å². The van der Waals surface area contributed by atoms with Crippen molar-refractivity contribution in [2.45, 2.75) is 55.7 Å². The number of anilines is 1. The molecule has 3 aromatic carbocycles. The lowest BCUT2D eigenvalue weighted by Crippen LogP contribution is -2.57. The molecule has 11 heteroatoms. The number of hydrogen-bond donors (Lipinski definition) is 1. The molecular formula is C30H30Cl2N2O6S. The molecule has 1 heterocycles. The van der Waals surface area contributed by atoms with E-state index in [4.69, 9.17) is 27.9 Å². The van der Waals surface area contributed by atoms with Crippen LogP contribution in [0, 0.1) is 0 Å². The first-order valence-electron chi connectivity index (χ1n) is 13.3. The fourth-order valence-corrected chi connectivity index (χ4v) is 7.56. The number of para-hydroxylation sites is 1. The number of hydrogen-bond acceptors (Lipinski definition) is 5. The van der Waals surface area contributed by atoms with Gasteiger partial charge in [-0.05, 0) is 67.3 Å². The van der Waals surface area contributed by atoms with Gasteiger partial charge in [-0.25, -0.2) is 8.42 Å². The number of halogens is 2. The van der Waals surface area contributed by atoms with Crippen LogP contribution in [-0.4, -0.2) is 54.2 Å². The van der Waals surface area contributed by atoms with E-state index in [9.17, 15) is 23.1 Å². The Morgan fingerprint density at radius 1 is 1.00 bits per heavy atom. The zero-order chi connectivity index (χ0) is 29.3. The van der Waals surface area contributed by atoms with Crippen molar-refractivity contribution >= 4 is 50.8 Å². The van der Waals surface area contributed by atoms with Crippen molar-refractivity contribution in [1.82, 2.24) is 4.90 Å². The molecular weight excluding hydrogens is 587 g/mol. The first-order chi connectivity index (χ1) is 19.6. The number of aliphatic carboxylic acids is 1. The minimum absolute atomic E-state index is 0.0270. The van der Waals surface area contributed by atoms with Crippen LogP contribution in [0.5, 0.6) is 0 Å². The molecule has 2 aliphatic rings. The zero-order valence-electron chi connectivity index (χ0n) is 22.3. The second-order valence-corrected chi connectivity index (χ2v) is 13.4. The number of amides is 1. The van der Waals surface area contributed by atoms with Crippen LogP contribution in [0.25, 0.3) is 0 Å². The second kappa shape index (κ2) is 12.0. The van der Waals surface area contributed by atoms with Gasteiger partial charge in [-0.1, -0.05) is 65.7 Å². The smallest absolute Gasteiger partial charge is 0.306 e. The fourth-order valence-electron chi connectivity index (χ4n) is 5.31. The van der Waals surface area contributed by atoms with Gasteiger partial charge in [0, 0.05) is 16.1 Å². The molecule has 1 aliphatic heterocycles. The van der Waals surface area contributed by atoms with Crippen LogP contribution in [0.3, 0.4) is 0 Å². The van der Waals surface area contributed by atoms with E-state index in [0.717, 1.165) is 0 Å². The predicted octanol–water partition coefficient (Wildman–Crippen LogP) is 5.87. The Morgan fingerprint density at radius 2 is 1.68 bits per heavy atom. The summed E-state index contributed by atoms with van der Waals surface area (Å²) in [7, 11) is -3.69. The molecule has 216 valence electrons. The Hall–Kier alpha value is -3.11. The Morgan fingerprint density at radius 3 is 2.29 bits per heavy atom. The van der Waals surface area contributed by atoms with Gasteiger partial charge in [-0.3, -0.25) is 13.9 Å². The minimum atomic E-state index is -3.69. The van der Waals surface area contributed by atoms with Gasteiger partial charge in [0.05, 0.1) is 29.9 Å². The number of nitrogens with zero attached hydrogens (tertiary/aromatic N) is 2. The summed E-state index contributed by atoms with van der Waals surface area (Å²) in [6.07, 6.45) is -1.45. The summed E-state index contributed by atoms with van der Waals surface area (Å²) in [5.41, 5.74) is 1.86. The van der Waals surface area contributed by atoms with E-state index in [-0.39, 0.29) is 6.54 Å². The van der Waals surface area contributed by atoms with E-state index >= 15 is 0 Å². The molecule has 2 fully saturated rings. The average Bonchev–Trinajstić information content (AvgIpc) is 3.80. The number of carboxylic acid groups (broad SMARTS) is 1. The number of carboxylic acids is 1. The maximum Gasteiger partial charge on any atom is 0.306 e. The Bertz CT molecular complexity index is 1520. The summed E-state index contributed by atoms with van der Waals surface area (Å²) >= 11 is 12.5. The molecule has 1 saturated carbocycles. The summed E-state index contributed by atoms with van der Waals surface area (Å²) in [5.74, 6) is -1.72. The van der Waals surface area contributed by atoms with Gasteiger partial charge in [0.2, 0.25) is 10.0 Å². The quantitative estimate of drug-likeness (QED) is 0.306. The third-order valence-electron chi connectivity index (χ3n) is 7.38. The third-order valence-corrected chi connectivity index (χ3v) is 10.2. The van der Waals surface area contributed by atoms with E-state index in [2.05, 4.69) is 0 Å². The maximum absolute atomic E-state index is 14.0. The van der Waals surface area contributed by atoms with Gasteiger partial charge < -0.3 is 14.7 Å². The normalized spacial score (nSPS) is 21.9. The summed E-state index contributed by atoms with van der Waals surface area (Å²) in [4.78, 5) is 27.4. The standard InChI is InChI=1S/C30H30Cl2N2O6S/c1-19(18-33(24-8-3-2-4-9-24)41(38,39)25-14-15-25)34-28(20-10-12-22(31)13-11-20)29(21-6-5-7-23(32)16-21)40-26(30(34)37)17-27(35)36/h2-13,16,19,25-26,28-29H,14-15,17-18H2,1H3,(H,35,36)/t19-,26+,28-,29-/m1/s1. The summed E-state index contributed by atoms with van der Waals surface area (Å²) < 4.78 is 34.8. The number of benzene rings is 3. The van der Waals surface area contributed by atoms with Gasteiger partial charge in [0.15, 0.2) is 0 Å². The van der Waals surface area contributed by atoms with Gasteiger partial charge in [0.25, 0.3) is 5.91 Å². The third kappa shape index (κ3) is 6.38. The van der Waals surface area contributed by atoms with Crippen LogP contribution < -0.4 is 4.31 Å². The highest BCUT2D eigenvalue weighted by atomic mass is 35.5. The molecule has 5 rings (SSSR count). The summed E-state index contributed by atoms with van der Waals surface area (Å²) in [5, 5.41) is 10.1. The number of rotatable bonds is 10. The monoisotopic (exact) mass is 616 g/mol. The molecule has 0 spiro atoms. The van der Waals surface area contributed by atoms with E-state index in [1.807, 2.05) is 12.1 Å². The van der Waals surface area contributed by atoms with Gasteiger partial charge >= 0.3 is 5.97 Å². The molecule has 1 saturated heterocycles. The molecule has 1 N–H and O–H groups in total. The van der Waals surface area contributed by atoms with Gasteiger partial charge in [0.1, 0.15) is 12.2 Å². The molecule has 0 unspecified atom stereocenters. The molecule has 0 aromatic heterocycles.